The summed E-state index contributed by atoms with van der Waals surface area (Å²) in [7, 11) is 0. The van der Waals surface area contributed by atoms with E-state index in [0.717, 1.165) is 24.6 Å². The molecule has 5 nitrogen and oxygen atoms in total. The van der Waals surface area contributed by atoms with Gasteiger partial charge in [-0.2, -0.15) is 5.10 Å². The number of hydrogen-bond acceptors (Lipinski definition) is 5. The summed E-state index contributed by atoms with van der Waals surface area (Å²) in [6.07, 6.45) is 5.18. The molecular formula is C9H12ClN5. The van der Waals surface area contributed by atoms with Gasteiger partial charge in [0.25, 0.3) is 0 Å². The molecule has 0 radical (unpaired) electrons. The maximum atomic E-state index is 4.14. The van der Waals surface area contributed by atoms with Crippen molar-refractivity contribution in [1.29, 1.82) is 0 Å². The molecule has 1 aliphatic rings. The molecule has 6 heteroatoms. The van der Waals surface area contributed by atoms with Gasteiger partial charge in [0.2, 0.25) is 5.96 Å². The van der Waals surface area contributed by atoms with E-state index in [1.807, 2.05) is 12.1 Å². The molecule has 2 N–H and O–H groups in total. The number of aliphatic imine (C=N–C) groups is 1. The van der Waals surface area contributed by atoms with Crippen LogP contribution in [0.5, 0.6) is 0 Å². The van der Waals surface area contributed by atoms with Crippen LogP contribution in [0.15, 0.2) is 34.6 Å². The topological polar surface area (TPSA) is 61.7 Å². The van der Waals surface area contributed by atoms with Crippen molar-refractivity contribution in [3.63, 3.8) is 0 Å². The molecule has 80 valence electrons. The maximum Gasteiger partial charge on any atom is 0.212 e. The van der Waals surface area contributed by atoms with Gasteiger partial charge in [0.1, 0.15) is 0 Å². The van der Waals surface area contributed by atoms with Crippen molar-refractivity contribution < 1.29 is 0 Å². The molecule has 0 spiro atoms. The van der Waals surface area contributed by atoms with Crippen LogP contribution in [0.2, 0.25) is 0 Å². The number of hydrazone groups is 1. The summed E-state index contributed by atoms with van der Waals surface area (Å²) in [5, 5.41) is 7.08. The monoisotopic (exact) mass is 225 g/mol. The van der Waals surface area contributed by atoms with Crippen LogP contribution in [0.3, 0.4) is 0 Å². The number of halogens is 1. The van der Waals surface area contributed by atoms with Crippen LogP contribution in [-0.4, -0.2) is 30.2 Å². The molecule has 0 atom stereocenters. The Morgan fingerprint density at radius 1 is 1.40 bits per heavy atom. The number of rotatable bonds is 2. The Labute approximate surface area is 94.1 Å². The van der Waals surface area contributed by atoms with Crippen LogP contribution in [0, 0.1) is 0 Å². The molecule has 0 fully saturated rings. The van der Waals surface area contributed by atoms with E-state index in [1.54, 1.807) is 18.6 Å². The molecule has 2 heterocycles. The molecule has 0 aromatic carbocycles. The molecule has 0 amide bonds. The third kappa shape index (κ3) is 3.55. The average Bonchev–Trinajstić information content (AvgIpc) is 2.72. The molecule has 15 heavy (non-hydrogen) atoms. The lowest BCUT2D eigenvalue weighted by Crippen LogP contribution is -2.30. The van der Waals surface area contributed by atoms with Gasteiger partial charge in [-0.25, -0.2) is 10.4 Å². The Morgan fingerprint density at radius 2 is 2.20 bits per heavy atom. The van der Waals surface area contributed by atoms with Crippen molar-refractivity contribution in [3.05, 3.63) is 30.1 Å². The van der Waals surface area contributed by atoms with E-state index >= 15 is 0 Å². The van der Waals surface area contributed by atoms with Crippen LogP contribution in [-0.2, 0) is 0 Å². The van der Waals surface area contributed by atoms with Crippen LogP contribution >= 0.6 is 12.4 Å². The van der Waals surface area contributed by atoms with E-state index in [0.29, 0.717) is 0 Å². The van der Waals surface area contributed by atoms with Gasteiger partial charge < -0.3 is 5.32 Å². The molecular weight excluding hydrogens is 214 g/mol. The summed E-state index contributed by atoms with van der Waals surface area (Å²) in [5.74, 6) is 0.732. The fraction of sp³-hybridized carbons (Fsp3) is 0.222. The highest BCUT2D eigenvalue weighted by molar-refractivity contribution is 5.85. The largest absolute Gasteiger partial charge is 0.353 e. The molecule has 0 saturated heterocycles. The first-order chi connectivity index (χ1) is 6.95. The second kappa shape index (κ2) is 5.98. The molecule has 1 aromatic rings. The minimum absolute atomic E-state index is 0. The lowest BCUT2D eigenvalue weighted by molar-refractivity contribution is 0.920. The SMILES string of the molecule is C(=N\NC1=NCCN1)/c1ccncc1.Cl. The van der Waals surface area contributed by atoms with Crippen molar-refractivity contribution in [3.8, 4) is 0 Å². The fourth-order valence-electron chi connectivity index (χ4n) is 1.09. The number of pyridine rings is 1. The van der Waals surface area contributed by atoms with Crippen LogP contribution in [0.25, 0.3) is 0 Å². The molecule has 0 aliphatic carbocycles. The average molecular weight is 226 g/mol. The van der Waals surface area contributed by atoms with Crippen LogP contribution < -0.4 is 10.7 Å². The van der Waals surface area contributed by atoms with E-state index in [4.69, 9.17) is 0 Å². The fourth-order valence-corrected chi connectivity index (χ4v) is 1.09. The van der Waals surface area contributed by atoms with Gasteiger partial charge in [-0.15, -0.1) is 12.4 Å². The first kappa shape index (κ1) is 11.5. The van der Waals surface area contributed by atoms with Crippen molar-refractivity contribution in [2.24, 2.45) is 10.1 Å². The van der Waals surface area contributed by atoms with Crippen molar-refractivity contribution in [1.82, 2.24) is 15.7 Å². The Hall–Kier alpha value is -1.62. The van der Waals surface area contributed by atoms with Gasteiger partial charge in [-0.1, -0.05) is 0 Å². The second-order valence-electron chi connectivity index (χ2n) is 2.81. The first-order valence-corrected chi connectivity index (χ1v) is 4.42. The predicted octanol–water partition coefficient (Wildman–Crippen LogP) is 0.386. The third-order valence-corrected chi connectivity index (χ3v) is 1.76. The number of aromatic nitrogens is 1. The van der Waals surface area contributed by atoms with E-state index in [1.165, 1.54) is 0 Å². The first-order valence-electron chi connectivity index (χ1n) is 4.42. The highest BCUT2D eigenvalue weighted by Crippen LogP contribution is 1.90. The Bertz CT molecular complexity index is 349. The highest BCUT2D eigenvalue weighted by Gasteiger charge is 2.00. The quantitative estimate of drug-likeness (QED) is 0.565. The molecule has 0 saturated carbocycles. The van der Waals surface area contributed by atoms with Gasteiger partial charge in [0.05, 0.1) is 12.8 Å². The van der Waals surface area contributed by atoms with E-state index in [9.17, 15) is 0 Å². The molecule has 0 bridgehead atoms. The Morgan fingerprint density at radius 3 is 2.87 bits per heavy atom. The maximum absolute atomic E-state index is 4.14. The molecule has 2 rings (SSSR count). The molecule has 1 aliphatic heterocycles. The van der Waals surface area contributed by atoms with E-state index < -0.39 is 0 Å². The van der Waals surface area contributed by atoms with Crippen molar-refractivity contribution >= 4 is 24.6 Å². The minimum atomic E-state index is 0. The van der Waals surface area contributed by atoms with Gasteiger partial charge in [-0.05, 0) is 17.7 Å². The van der Waals surface area contributed by atoms with Gasteiger partial charge in [0.15, 0.2) is 0 Å². The smallest absolute Gasteiger partial charge is 0.212 e. The van der Waals surface area contributed by atoms with Crippen molar-refractivity contribution in [2.75, 3.05) is 13.1 Å². The normalized spacial score (nSPS) is 14.3. The summed E-state index contributed by atoms with van der Waals surface area (Å²) in [5.41, 5.74) is 3.82. The van der Waals surface area contributed by atoms with Gasteiger partial charge in [-0.3, -0.25) is 4.98 Å². The lowest BCUT2D eigenvalue weighted by Gasteiger charge is -1.98. The molecule has 1 aromatic heterocycles. The zero-order chi connectivity index (χ0) is 9.64. The standard InChI is InChI=1S/C9H11N5.ClH/c1-3-10-4-2-8(1)7-13-14-9-11-5-6-12-9;/h1-4,7H,5-6H2,(H2,11,12,14);1H/b13-7+;. The summed E-state index contributed by atoms with van der Waals surface area (Å²) >= 11 is 0. The predicted molar refractivity (Wildman–Crippen MR) is 62.5 cm³/mol. The number of nitrogens with one attached hydrogen (secondary N) is 2. The zero-order valence-corrected chi connectivity index (χ0v) is 8.87. The van der Waals surface area contributed by atoms with Crippen LogP contribution in [0.4, 0.5) is 0 Å². The number of nitrogens with zero attached hydrogens (tertiary/aromatic N) is 3. The Balaban J connectivity index is 0.00000112. The summed E-state index contributed by atoms with van der Waals surface area (Å²) in [4.78, 5) is 8.05. The van der Waals surface area contributed by atoms with Gasteiger partial charge in [0, 0.05) is 18.9 Å². The van der Waals surface area contributed by atoms with Gasteiger partial charge >= 0.3 is 0 Å². The molecule has 0 unspecified atom stereocenters. The van der Waals surface area contributed by atoms with Crippen LogP contribution in [0.1, 0.15) is 5.56 Å². The van der Waals surface area contributed by atoms with E-state index in [2.05, 4.69) is 25.8 Å². The second-order valence-corrected chi connectivity index (χ2v) is 2.81. The van der Waals surface area contributed by atoms with Crippen molar-refractivity contribution in [2.45, 2.75) is 0 Å². The summed E-state index contributed by atoms with van der Waals surface area (Å²) in [6, 6.07) is 3.77. The zero-order valence-electron chi connectivity index (χ0n) is 8.05. The number of guanidine groups is 1. The summed E-state index contributed by atoms with van der Waals surface area (Å²) < 4.78 is 0. The third-order valence-electron chi connectivity index (χ3n) is 1.76. The highest BCUT2D eigenvalue weighted by atomic mass is 35.5. The lowest BCUT2D eigenvalue weighted by atomic mass is 10.3. The Kier molecular flexibility index (Phi) is 4.56. The number of hydrogen-bond donors (Lipinski definition) is 2. The van der Waals surface area contributed by atoms with E-state index in [-0.39, 0.29) is 12.4 Å². The minimum Gasteiger partial charge on any atom is -0.353 e. The summed E-state index contributed by atoms with van der Waals surface area (Å²) in [6.45, 7) is 1.69.